The van der Waals surface area contributed by atoms with Crippen LogP contribution in [0.3, 0.4) is 0 Å². The average molecular weight is 316 g/mol. The van der Waals surface area contributed by atoms with E-state index < -0.39 is 0 Å². The standard InChI is InChI=1S/C16H20N4OS/c21-16(13-5-8-22-10-13)20-6-3-11(4-7-20)9-14-17-15(19-18-14)12-1-2-12/h5,8,10-12H,1-4,6-7,9H2,(H,17,18,19). The van der Waals surface area contributed by atoms with E-state index in [4.69, 9.17) is 0 Å². The van der Waals surface area contributed by atoms with E-state index >= 15 is 0 Å². The van der Waals surface area contributed by atoms with Gasteiger partial charge < -0.3 is 4.90 Å². The van der Waals surface area contributed by atoms with Gasteiger partial charge in [0.1, 0.15) is 5.82 Å². The van der Waals surface area contributed by atoms with Crippen LogP contribution in [0.5, 0.6) is 0 Å². The summed E-state index contributed by atoms with van der Waals surface area (Å²) in [4.78, 5) is 18.9. The van der Waals surface area contributed by atoms with Crippen molar-refractivity contribution in [2.24, 2.45) is 5.92 Å². The van der Waals surface area contributed by atoms with Crippen molar-refractivity contribution in [1.82, 2.24) is 20.1 Å². The first kappa shape index (κ1) is 13.9. The van der Waals surface area contributed by atoms with Crippen molar-refractivity contribution in [2.75, 3.05) is 13.1 Å². The maximum absolute atomic E-state index is 12.3. The van der Waals surface area contributed by atoms with Crippen LogP contribution in [0.25, 0.3) is 0 Å². The van der Waals surface area contributed by atoms with Crippen molar-refractivity contribution in [2.45, 2.75) is 38.0 Å². The molecule has 4 rings (SSSR count). The second kappa shape index (κ2) is 5.83. The quantitative estimate of drug-likeness (QED) is 0.943. The lowest BCUT2D eigenvalue weighted by Crippen LogP contribution is -2.38. The summed E-state index contributed by atoms with van der Waals surface area (Å²) in [6.45, 7) is 1.70. The van der Waals surface area contributed by atoms with Crippen LogP contribution in [-0.2, 0) is 6.42 Å². The molecule has 2 aromatic rings. The van der Waals surface area contributed by atoms with E-state index in [0.29, 0.717) is 11.8 Å². The molecule has 0 unspecified atom stereocenters. The van der Waals surface area contributed by atoms with Gasteiger partial charge in [0.25, 0.3) is 5.91 Å². The van der Waals surface area contributed by atoms with Crippen LogP contribution < -0.4 is 0 Å². The third-order valence-corrected chi connectivity index (χ3v) is 5.33. The number of H-pyrrole nitrogens is 1. The zero-order chi connectivity index (χ0) is 14.9. The summed E-state index contributed by atoms with van der Waals surface area (Å²) in [6.07, 6.45) is 5.53. The fourth-order valence-corrected chi connectivity index (χ4v) is 3.74. The highest BCUT2D eigenvalue weighted by molar-refractivity contribution is 7.08. The number of nitrogens with zero attached hydrogens (tertiary/aromatic N) is 3. The predicted molar refractivity (Wildman–Crippen MR) is 85.0 cm³/mol. The predicted octanol–water partition coefficient (Wildman–Crippen LogP) is 2.84. The minimum Gasteiger partial charge on any atom is -0.339 e. The molecule has 1 saturated carbocycles. The Morgan fingerprint density at radius 2 is 2.14 bits per heavy atom. The Labute approximate surface area is 133 Å². The molecule has 2 aromatic heterocycles. The summed E-state index contributed by atoms with van der Waals surface area (Å²) in [5.41, 5.74) is 0.827. The van der Waals surface area contributed by atoms with Crippen molar-refractivity contribution < 1.29 is 4.79 Å². The Balaban J connectivity index is 1.30. The Morgan fingerprint density at radius 1 is 1.32 bits per heavy atom. The number of hydrogen-bond acceptors (Lipinski definition) is 4. The molecule has 0 bridgehead atoms. The summed E-state index contributed by atoms with van der Waals surface area (Å²) < 4.78 is 0. The number of carbonyl (C=O) groups excluding carboxylic acids is 1. The summed E-state index contributed by atoms with van der Waals surface area (Å²) in [7, 11) is 0. The molecule has 3 heterocycles. The van der Waals surface area contributed by atoms with E-state index in [-0.39, 0.29) is 5.91 Å². The van der Waals surface area contributed by atoms with Gasteiger partial charge in [0.05, 0.1) is 5.56 Å². The molecule has 2 fully saturated rings. The van der Waals surface area contributed by atoms with Gasteiger partial charge in [-0.25, -0.2) is 4.98 Å². The first-order chi connectivity index (χ1) is 10.8. The topological polar surface area (TPSA) is 61.9 Å². The number of piperidine rings is 1. The average Bonchev–Trinajstić information content (AvgIpc) is 3.06. The third kappa shape index (κ3) is 2.92. The molecule has 1 saturated heterocycles. The molecule has 0 aromatic carbocycles. The van der Waals surface area contributed by atoms with Crippen molar-refractivity contribution in [3.05, 3.63) is 34.0 Å². The SMILES string of the molecule is O=C(c1ccsc1)N1CCC(Cc2nc(C3CC3)n[nH]2)CC1. The van der Waals surface area contributed by atoms with Crippen molar-refractivity contribution in [3.63, 3.8) is 0 Å². The number of aromatic amines is 1. The number of amides is 1. The summed E-state index contributed by atoms with van der Waals surface area (Å²) in [5, 5.41) is 11.3. The van der Waals surface area contributed by atoms with E-state index in [0.717, 1.165) is 49.6 Å². The minimum atomic E-state index is 0.176. The van der Waals surface area contributed by atoms with E-state index in [1.807, 2.05) is 21.7 Å². The fourth-order valence-electron chi connectivity index (χ4n) is 3.11. The van der Waals surface area contributed by atoms with Crippen molar-refractivity contribution >= 4 is 17.2 Å². The molecule has 5 nitrogen and oxygen atoms in total. The van der Waals surface area contributed by atoms with Crippen LogP contribution in [0.4, 0.5) is 0 Å². The van der Waals surface area contributed by atoms with Crippen molar-refractivity contribution in [1.29, 1.82) is 0 Å². The third-order valence-electron chi connectivity index (χ3n) is 4.64. The summed E-state index contributed by atoms with van der Waals surface area (Å²) >= 11 is 1.58. The molecule has 0 atom stereocenters. The molecule has 1 amide bonds. The molecular formula is C16H20N4OS. The maximum Gasteiger partial charge on any atom is 0.254 e. The molecular weight excluding hydrogens is 296 g/mol. The number of rotatable bonds is 4. The fraction of sp³-hybridized carbons (Fsp3) is 0.562. The zero-order valence-corrected chi connectivity index (χ0v) is 13.3. The highest BCUT2D eigenvalue weighted by atomic mass is 32.1. The minimum absolute atomic E-state index is 0.176. The Hall–Kier alpha value is -1.69. The van der Waals surface area contributed by atoms with Gasteiger partial charge in [0.15, 0.2) is 5.82 Å². The van der Waals surface area contributed by atoms with E-state index in [1.54, 1.807) is 11.3 Å². The highest BCUT2D eigenvalue weighted by Crippen LogP contribution is 2.37. The molecule has 6 heteroatoms. The van der Waals surface area contributed by atoms with Gasteiger partial charge in [-0.05, 0) is 43.0 Å². The lowest BCUT2D eigenvalue weighted by molar-refractivity contribution is 0.0690. The number of hydrogen-bond donors (Lipinski definition) is 1. The van der Waals surface area contributed by atoms with Crippen molar-refractivity contribution in [3.8, 4) is 0 Å². The van der Waals surface area contributed by atoms with E-state index in [9.17, 15) is 4.79 Å². The van der Waals surface area contributed by atoms with E-state index in [2.05, 4.69) is 15.2 Å². The van der Waals surface area contributed by atoms with Crippen LogP contribution in [0.15, 0.2) is 16.8 Å². The second-order valence-electron chi connectivity index (χ2n) is 6.37. The highest BCUT2D eigenvalue weighted by Gasteiger charge is 2.29. The number of likely N-dealkylation sites (tertiary alicyclic amines) is 1. The Morgan fingerprint density at radius 3 is 2.82 bits per heavy atom. The molecule has 1 aliphatic heterocycles. The van der Waals surface area contributed by atoms with Gasteiger partial charge in [0.2, 0.25) is 0 Å². The van der Waals surface area contributed by atoms with Gasteiger partial charge in [-0.2, -0.15) is 16.4 Å². The van der Waals surface area contributed by atoms with Gasteiger partial charge in [-0.3, -0.25) is 9.89 Å². The molecule has 22 heavy (non-hydrogen) atoms. The molecule has 0 radical (unpaired) electrons. The Kier molecular flexibility index (Phi) is 3.70. The molecule has 1 aliphatic carbocycles. The smallest absolute Gasteiger partial charge is 0.254 e. The lowest BCUT2D eigenvalue weighted by atomic mass is 9.93. The van der Waals surface area contributed by atoms with Crippen LogP contribution in [0, 0.1) is 5.92 Å². The second-order valence-corrected chi connectivity index (χ2v) is 7.15. The van der Waals surface area contributed by atoms with Gasteiger partial charge >= 0.3 is 0 Å². The van der Waals surface area contributed by atoms with Crippen LogP contribution in [0.2, 0.25) is 0 Å². The molecule has 1 N–H and O–H groups in total. The van der Waals surface area contributed by atoms with Gasteiger partial charge in [-0.15, -0.1) is 0 Å². The van der Waals surface area contributed by atoms with Gasteiger partial charge in [0, 0.05) is 30.8 Å². The van der Waals surface area contributed by atoms with Gasteiger partial charge in [-0.1, -0.05) is 0 Å². The lowest BCUT2D eigenvalue weighted by Gasteiger charge is -2.31. The number of carbonyl (C=O) groups is 1. The number of thiophene rings is 1. The van der Waals surface area contributed by atoms with Crippen LogP contribution in [-0.4, -0.2) is 39.1 Å². The number of aromatic nitrogens is 3. The van der Waals surface area contributed by atoms with Crippen LogP contribution >= 0.6 is 11.3 Å². The molecule has 116 valence electrons. The van der Waals surface area contributed by atoms with Crippen LogP contribution in [0.1, 0.15) is 53.6 Å². The zero-order valence-electron chi connectivity index (χ0n) is 12.5. The Bertz CT molecular complexity index is 639. The number of nitrogens with one attached hydrogen (secondary N) is 1. The maximum atomic E-state index is 12.3. The normalized spacial score (nSPS) is 19.5. The van der Waals surface area contributed by atoms with E-state index in [1.165, 1.54) is 12.8 Å². The monoisotopic (exact) mass is 316 g/mol. The largest absolute Gasteiger partial charge is 0.339 e. The summed E-state index contributed by atoms with van der Waals surface area (Å²) in [6, 6.07) is 1.91. The molecule has 2 aliphatic rings. The first-order valence-corrected chi connectivity index (χ1v) is 8.96. The summed E-state index contributed by atoms with van der Waals surface area (Å²) in [5.74, 6) is 3.40. The first-order valence-electron chi connectivity index (χ1n) is 8.02. The molecule has 0 spiro atoms.